The lowest BCUT2D eigenvalue weighted by Gasteiger charge is -2.39. The number of aliphatic imine (C=N–C) groups is 1. The van der Waals surface area contributed by atoms with Crippen LogP contribution in [0.3, 0.4) is 0 Å². The molecule has 0 spiro atoms. The zero-order valence-electron chi connectivity index (χ0n) is 19.0. The molecule has 0 aromatic heterocycles. The average molecular weight is 400 g/mol. The van der Waals surface area contributed by atoms with Crippen molar-refractivity contribution in [1.82, 2.24) is 0 Å². The van der Waals surface area contributed by atoms with Crippen molar-refractivity contribution < 1.29 is 19.0 Å². The van der Waals surface area contributed by atoms with E-state index in [-0.39, 0.29) is 5.92 Å². The lowest BCUT2D eigenvalue weighted by atomic mass is 9.91. The van der Waals surface area contributed by atoms with Gasteiger partial charge >= 0.3 is 0 Å². The summed E-state index contributed by atoms with van der Waals surface area (Å²) >= 11 is 0. The number of carbonyl (C=O) groups excluding carboxylic acids is 1. The Kier molecular flexibility index (Phi) is 19.1. The van der Waals surface area contributed by atoms with Crippen LogP contribution in [0.1, 0.15) is 105 Å². The van der Waals surface area contributed by atoms with Crippen molar-refractivity contribution in [2.24, 2.45) is 10.9 Å². The summed E-state index contributed by atoms with van der Waals surface area (Å²) in [6.07, 6.45) is 15.7. The molecule has 0 saturated carbocycles. The van der Waals surface area contributed by atoms with Gasteiger partial charge in [0, 0.05) is 25.7 Å². The zero-order valence-corrected chi connectivity index (χ0v) is 19.0. The molecule has 166 valence electrons. The first kappa shape index (κ1) is 27.3. The first-order valence-electron chi connectivity index (χ1n) is 11.7. The Morgan fingerprint density at radius 3 is 1.64 bits per heavy atom. The van der Waals surface area contributed by atoms with Crippen molar-refractivity contribution in [3.05, 3.63) is 0 Å². The van der Waals surface area contributed by atoms with Gasteiger partial charge in [-0.05, 0) is 40.0 Å². The minimum absolute atomic E-state index is 0.242. The van der Waals surface area contributed by atoms with Crippen LogP contribution < -0.4 is 0 Å². The summed E-state index contributed by atoms with van der Waals surface area (Å²) in [5, 5.41) is 0. The molecule has 0 aliphatic rings. The summed E-state index contributed by atoms with van der Waals surface area (Å²) in [7, 11) is 0. The number of ether oxygens (including phenoxy) is 3. The highest BCUT2D eigenvalue weighted by atomic mass is 16.9. The molecule has 0 amide bonds. The van der Waals surface area contributed by atoms with Crippen LogP contribution in [0.2, 0.25) is 0 Å². The maximum absolute atomic E-state index is 10.1. The molecule has 5 nitrogen and oxygen atoms in total. The van der Waals surface area contributed by atoms with Gasteiger partial charge in [0.1, 0.15) is 0 Å². The van der Waals surface area contributed by atoms with Crippen molar-refractivity contribution in [3.63, 3.8) is 0 Å². The van der Waals surface area contributed by atoms with Crippen molar-refractivity contribution in [2.45, 2.75) is 111 Å². The quantitative estimate of drug-likeness (QED) is 0.0969. The zero-order chi connectivity index (χ0) is 20.9. The van der Waals surface area contributed by atoms with Crippen LogP contribution in [0.5, 0.6) is 0 Å². The molecule has 0 N–H and O–H groups in total. The van der Waals surface area contributed by atoms with E-state index in [9.17, 15) is 4.79 Å². The molecule has 1 unspecified atom stereocenters. The topological polar surface area (TPSA) is 57.1 Å². The second kappa shape index (κ2) is 19.6. The smallest absolute Gasteiger partial charge is 0.285 e. The number of hydrogen-bond acceptors (Lipinski definition) is 5. The Balaban J connectivity index is 4.73. The number of rotatable bonds is 21. The van der Waals surface area contributed by atoms with Crippen LogP contribution in [0.4, 0.5) is 0 Å². The highest BCUT2D eigenvalue weighted by Crippen LogP contribution is 2.34. The second-order valence-corrected chi connectivity index (χ2v) is 7.33. The molecule has 0 heterocycles. The highest BCUT2D eigenvalue weighted by molar-refractivity contribution is 5.32. The molecule has 0 aliphatic heterocycles. The molecule has 0 aromatic rings. The van der Waals surface area contributed by atoms with Gasteiger partial charge in [0.25, 0.3) is 5.97 Å². The molecule has 5 heteroatoms. The monoisotopic (exact) mass is 399 g/mol. The van der Waals surface area contributed by atoms with E-state index >= 15 is 0 Å². The van der Waals surface area contributed by atoms with Crippen molar-refractivity contribution in [2.75, 3.05) is 26.4 Å². The van der Waals surface area contributed by atoms with Crippen molar-refractivity contribution in [3.8, 4) is 0 Å². The third-order valence-corrected chi connectivity index (χ3v) is 5.08. The Hall–Kier alpha value is -0.740. The summed E-state index contributed by atoms with van der Waals surface area (Å²) in [6, 6.07) is 0. The Bertz CT molecular complexity index is 366. The van der Waals surface area contributed by atoms with E-state index in [1.807, 2.05) is 20.8 Å². The fourth-order valence-electron chi connectivity index (χ4n) is 3.73. The molecule has 0 fully saturated rings. The summed E-state index contributed by atoms with van der Waals surface area (Å²) in [6.45, 7) is 10.6. The average Bonchev–Trinajstić information content (AvgIpc) is 2.68. The number of hydrogen-bond donors (Lipinski definition) is 0. The lowest BCUT2D eigenvalue weighted by molar-refractivity contribution is -0.403. The maximum atomic E-state index is 10.1. The largest absolute Gasteiger partial charge is 0.328 e. The van der Waals surface area contributed by atoms with Gasteiger partial charge in [-0.25, -0.2) is 9.79 Å². The predicted molar refractivity (Wildman–Crippen MR) is 115 cm³/mol. The van der Waals surface area contributed by atoms with E-state index in [1.165, 1.54) is 38.5 Å². The minimum Gasteiger partial charge on any atom is -0.328 e. The van der Waals surface area contributed by atoms with E-state index in [4.69, 9.17) is 14.2 Å². The molecule has 1 atom stereocenters. The van der Waals surface area contributed by atoms with Crippen LogP contribution >= 0.6 is 0 Å². The van der Waals surface area contributed by atoms with E-state index in [0.29, 0.717) is 26.4 Å². The number of nitrogens with zero attached hydrogens (tertiary/aromatic N) is 1. The number of unbranched alkanes of at least 4 members (excludes halogenated alkanes) is 8. The summed E-state index contributed by atoms with van der Waals surface area (Å²) in [4.78, 5) is 13.8. The highest BCUT2D eigenvalue weighted by Gasteiger charge is 2.41. The van der Waals surface area contributed by atoms with Gasteiger partial charge in [-0.2, -0.15) is 0 Å². The predicted octanol–water partition coefficient (Wildman–Crippen LogP) is 6.40. The Morgan fingerprint density at radius 2 is 1.18 bits per heavy atom. The van der Waals surface area contributed by atoms with Gasteiger partial charge in [-0.1, -0.05) is 64.7 Å². The van der Waals surface area contributed by atoms with E-state index in [2.05, 4.69) is 11.9 Å². The third kappa shape index (κ3) is 12.7. The molecule has 0 saturated heterocycles. The van der Waals surface area contributed by atoms with Crippen LogP contribution in [-0.2, 0) is 19.0 Å². The van der Waals surface area contributed by atoms with Gasteiger partial charge in [0.05, 0.1) is 6.54 Å². The first-order valence-corrected chi connectivity index (χ1v) is 11.7. The third-order valence-electron chi connectivity index (χ3n) is 5.08. The molecular formula is C23H45NO4. The molecule has 0 bridgehead atoms. The fourth-order valence-corrected chi connectivity index (χ4v) is 3.73. The summed E-state index contributed by atoms with van der Waals surface area (Å²) in [5.41, 5.74) is 0. The SMILES string of the molecule is CCCCCCCCC(CCCCCCN=C=O)C(OCC)(OCC)OCC. The van der Waals surface area contributed by atoms with Crippen molar-refractivity contribution >= 4 is 6.08 Å². The van der Waals surface area contributed by atoms with Crippen LogP contribution in [0.15, 0.2) is 4.99 Å². The van der Waals surface area contributed by atoms with Crippen LogP contribution in [0.25, 0.3) is 0 Å². The summed E-state index contributed by atoms with van der Waals surface area (Å²) in [5.74, 6) is -0.671. The summed E-state index contributed by atoms with van der Waals surface area (Å²) < 4.78 is 18.2. The van der Waals surface area contributed by atoms with E-state index < -0.39 is 5.97 Å². The fraction of sp³-hybridized carbons (Fsp3) is 0.957. The van der Waals surface area contributed by atoms with E-state index in [1.54, 1.807) is 6.08 Å². The van der Waals surface area contributed by atoms with Crippen LogP contribution in [-0.4, -0.2) is 38.4 Å². The first-order chi connectivity index (χ1) is 13.7. The van der Waals surface area contributed by atoms with Gasteiger partial charge in [-0.15, -0.1) is 0 Å². The van der Waals surface area contributed by atoms with Crippen molar-refractivity contribution in [1.29, 1.82) is 0 Å². The number of isocyanates is 1. The maximum Gasteiger partial charge on any atom is 0.285 e. The van der Waals surface area contributed by atoms with Gasteiger partial charge in [0.2, 0.25) is 6.08 Å². The molecular weight excluding hydrogens is 354 g/mol. The molecule has 0 radical (unpaired) electrons. The van der Waals surface area contributed by atoms with Gasteiger partial charge in [0.15, 0.2) is 0 Å². The minimum atomic E-state index is -0.913. The Labute approximate surface area is 173 Å². The van der Waals surface area contributed by atoms with Crippen LogP contribution in [0, 0.1) is 5.92 Å². The molecule has 0 aliphatic carbocycles. The normalized spacial score (nSPS) is 12.7. The van der Waals surface area contributed by atoms with Gasteiger partial charge < -0.3 is 14.2 Å². The molecule has 0 aromatic carbocycles. The molecule has 28 heavy (non-hydrogen) atoms. The lowest BCUT2D eigenvalue weighted by Crippen LogP contribution is -2.46. The van der Waals surface area contributed by atoms with Gasteiger partial charge in [-0.3, -0.25) is 0 Å². The molecule has 0 rings (SSSR count). The second-order valence-electron chi connectivity index (χ2n) is 7.33. The Morgan fingerprint density at radius 1 is 0.714 bits per heavy atom. The van der Waals surface area contributed by atoms with E-state index in [0.717, 1.165) is 38.5 Å². The standard InChI is InChI=1S/C23H45NO4/c1-5-9-10-11-12-15-18-22(19-16-13-14-17-20-24-21-25)23(26-6-2,27-7-3)28-8-4/h22H,5-20H2,1-4H3.